The highest BCUT2D eigenvalue weighted by molar-refractivity contribution is 9.10. The van der Waals surface area contributed by atoms with Gasteiger partial charge in [0.1, 0.15) is 10.4 Å². The Morgan fingerprint density at radius 1 is 1.40 bits per heavy atom. The summed E-state index contributed by atoms with van der Waals surface area (Å²) >= 11 is 4.68. The van der Waals surface area contributed by atoms with E-state index in [9.17, 15) is 9.18 Å². The number of anilines is 1. The Kier molecular flexibility index (Phi) is 5.10. The molecule has 1 aliphatic heterocycles. The molecule has 1 atom stereocenters. The Balaban J connectivity index is 1.88. The van der Waals surface area contributed by atoms with E-state index in [0.717, 1.165) is 5.75 Å². The van der Waals surface area contributed by atoms with Crippen molar-refractivity contribution in [2.75, 3.05) is 11.1 Å². The fraction of sp³-hybridized carbons (Fsp3) is 0.235. The van der Waals surface area contributed by atoms with E-state index in [0.29, 0.717) is 33.0 Å². The van der Waals surface area contributed by atoms with Gasteiger partial charge in [-0.1, -0.05) is 11.8 Å². The number of hydrogen-bond donors (Lipinski definition) is 2. The summed E-state index contributed by atoms with van der Waals surface area (Å²) in [5, 5.41) is 3.21. The van der Waals surface area contributed by atoms with Crippen LogP contribution in [0.25, 0.3) is 0 Å². The van der Waals surface area contributed by atoms with Crippen LogP contribution >= 0.6 is 27.7 Å². The quantitative estimate of drug-likeness (QED) is 0.734. The molecule has 1 aromatic carbocycles. The van der Waals surface area contributed by atoms with Crippen LogP contribution in [0.4, 0.5) is 10.1 Å². The van der Waals surface area contributed by atoms with Crippen LogP contribution in [0.3, 0.4) is 0 Å². The minimum Gasteiger partial charge on any atom is -0.379 e. The lowest BCUT2D eigenvalue weighted by molar-refractivity contribution is 0.102. The maximum Gasteiger partial charge on any atom is 0.257 e. The molecule has 1 aromatic heterocycles. The molecule has 8 heteroatoms. The number of pyridine rings is 1. The van der Waals surface area contributed by atoms with Gasteiger partial charge >= 0.3 is 0 Å². The van der Waals surface area contributed by atoms with E-state index in [1.165, 1.54) is 30.1 Å². The summed E-state index contributed by atoms with van der Waals surface area (Å²) in [7, 11) is 0. The lowest BCUT2D eigenvalue weighted by Crippen LogP contribution is -2.29. The summed E-state index contributed by atoms with van der Waals surface area (Å²) in [5.74, 6) is 0.0889. The van der Waals surface area contributed by atoms with Gasteiger partial charge in [0.15, 0.2) is 5.17 Å². The van der Waals surface area contributed by atoms with Crippen LogP contribution in [-0.4, -0.2) is 21.8 Å². The van der Waals surface area contributed by atoms with E-state index in [1.807, 2.05) is 6.92 Å². The molecule has 0 fully saturated rings. The Bertz CT molecular complexity index is 843. The minimum atomic E-state index is -0.737. The highest BCUT2D eigenvalue weighted by atomic mass is 79.9. The van der Waals surface area contributed by atoms with E-state index in [1.54, 1.807) is 18.2 Å². The van der Waals surface area contributed by atoms with Gasteiger partial charge < -0.3 is 11.1 Å². The highest BCUT2D eigenvalue weighted by Gasteiger charge is 2.32. The van der Waals surface area contributed by atoms with Crippen LogP contribution < -0.4 is 11.1 Å². The fourth-order valence-corrected chi connectivity index (χ4v) is 3.82. The van der Waals surface area contributed by atoms with Crippen molar-refractivity contribution in [3.63, 3.8) is 0 Å². The van der Waals surface area contributed by atoms with Gasteiger partial charge in [-0.15, -0.1) is 0 Å². The van der Waals surface area contributed by atoms with Crippen LogP contribution in [-0.2, 0) is 5.54 Å². The highest BCUT2D eigenvalue weighted by Crippen LogP contribution is 2.37. The third-order valence-electron chi connectivity index (χ3n) is 3.99. The third kappa shape index (κ3) is 4.01. The van der Waals surface area contributed by atoms with Crippen molar-refractivity contribution in [2.24, 2.45) is 10.7 Å². The summed E-state index contributed by atoms with van der Waals surface area (Å²) < 4.78 is 15.0. The predicted octanol–water partition coefficient (Wildman–Crippen LogP) is 3.90. The average molecular weight is 423 g/mol. The van der Waals surface area contributed by atoms with Crippen LogP contribution in [0.2, 0.25) is 0 Å². The van der Waals surface area contributed by atoms with Gasteiger partial charge in [-0.2, -0.15) is 0 Å². The van der Waals surface area contributed by atoms with Crippen LogP contribution in [0.1, 0.15) is 29.3 Å². The molecule has 25 heavy (non-hydrogen) atoms. The van der Waals surface area contributed by atoms with Crippen molar-refractivity contribution in [2.45, 2.75) is 18.9 Å². The normalized spacial score (nSPS) is 20.0. The number of benzene rings is 1. The maximum absolute atomic E-state index is 14.4. The van der Waals surface area contributed by atoms with E-state index >= 15 is 0 Å². The van der Waals surface area contributed by atoms with E-state index < -0.39 is 5.54 Å². The third-order valence-corrected chi connectivity index (χ3v) is 5.25. The monoisotopic (exact) mass is 422 g/mol. The number of carbonyl (C=O) groups is 1. The summed E-state index contributed by atoms with van der Waals surface area (Å²) in [5.41, 5.74) is 6.41. The first-order valence-electron chi connectivity index (χ1n) is 7.58. The number of nitrogens with two attached hydrogens (primary N) is 1. The van der Waals surface area contributed by atoms with E-state index in [-0.39, 0.29) is 11.7 Å². The lowest BCUT2D eigenvalue weighted by atomic mass is 9.89. The number of aliphatic imine (C=N–C) groups is 1. The Morgan fingerprint density at radius 2 is 2.20 bits per heavy atom. The first-order chi connectivity index (χ1) is 11.9. The van der Waals surface area contributed by atoms with Crippen molar-refractivity contribution in [3.8, 4) is 0 Å². The molecule has 1 unspecified atom stereocenters. The number of halogens is 2. The number of nitrogens with one attached hydrogen (secondary N) is 1. The molecule has 0 bridgehead atoms. The molecular weight excluding hydrogens is 407 g/mol. The second-order valence-electron chi connectivity index (χ2n) is 5.84. The molecule has 2 heterocycles. The SMILES string of the molecule is CC1(c2cc(NC(=O)c3ccc(Br)nc3)ccc2F)CCSC(N)=N1. The van der Waals surface area contributed by atoms with Gasteiger partial charge in [0.2, 0.25) is 0 Å². The summed E-state index contributed by atoms with van der Waals surface area (Å²) in [4.78, 5) is 20.8. The van der Waals surface area contributed by atoms with Gasteiger partial charge in [-0.05, 0) is 59.6 Å². The van der Waals surface area contributed by atoms with Gasteiger partial charge in [0.25, 0.3) is 5.91 Å². The largest absolute Gasteiger partial charge is 0.379 e. The smallest absolute Gasteiger partial charge is 0.257 e. The minimum absolute atomic E-state index is 0.315. The number of aromatic nitrogens is 1. The first kappa shape index (κ1) is 17.9. The van der Waals surface area contributed by atoms with Crippen molar-refractivity contribution in [1.29, 1.82) is 0 Å². The zero-order chi connectivity index (χ0) is 18.0. The standard InChI is InChI=1S/C17H16BrFN4OS/c1-17(6-7-25-16(20)23-17)12-8-11(3-4-13(12)19)22-15(24)10-2-5-14(18)21-9-10/h2-5,8-9H,6-7H2,1H3,(H2,20,23)(H,22,24). The van der Waals surface area contributed by atoms with Gasteiger partial charge in [0, 0.05) is 23.2 Å². The molecule has 1 amide bonds. The topological polar surface area (TPSA) is 80.4 Å². The first-order valence-corrected chi connectivity index (χ1v) is 9.36. The van der Waals surface area contributed by atoms with Gasteiger partial charge in [-0.3, -0.25) is 9.79 Å². The maximum atomic E-state index is 14.4. The second-order valence-corrected chi connectivity index (χ2v) is 7.77. The molecule has 3 rings (SSSR count). The van der Waals surface area contributed by atoms with Crippen LogP contribution in [0, 0.1) is 5.82 Å². The number of thioether (sulfide) groups is 1. The zero-order valence-electron chi connectivity index (χ0n) is 13.4. The summed E-state index contributed by atoms with van der Waals surface area (Å²) in [6, 6.07) is 7.82. The molecule has 5 nitrogen and oxygen atoms in total. The number of carbonyl (C=O) groups excluding carboxylic acids is 1. The second kappa shape index (κ2) is 7.13. The average Bonchev–Trinajstić information content (AvgIpc) is 2.57. The van der Waals surface area contributed by atoms with E-state index in [4.69, 9.17) is 5.73 Å². The molecule has 0 saturated carbocycles. The predicted molar refractivity (Wildman–Crippen MR) is 102 cm³/mol. The number of nitrogens with zero attached hydrogens (tertiary/aromatic N) is 2. The number of hydrogen-bond acceptors (Lipinski definition) is 5. The Hall–Kier alpha value is -1.93. The fourth-order valence-electron chi connectivity index (χ4n) is 2.61. The molecule has 130 valence electrons. The number of amides is 1. The molecule has 0 radical (unpaired) electrons. The van der Waals surface area contributed by atoms with Crippen LogP contribution in [0.5, 0.6) is 0 Å². The van der Waals surface area contributed by atoms with Crippen molar-refractivity contribution in [1.82, 2.24) is 4.98 Å². The molecule has 3 N–H and O–H groups in total. The van der Waals surface area contributed by atoms with Gasteiger partial charge in [-0.25, -0.2) is 9.37 Å². The molecule has 0 saturated heterocycles. The summed E-state index contributed by atoms with van der Waals surface area (Å²) in [6.45, 7) is 1.85. The number of rotatable bonds is 3. The molecule has 2 aromatic rings. The Morgan fingerprint density at radius 3 is 2.88 bits per heavy atom. The van der Waals surface area contributed by atoms with Crippen molar-refractivity contribution in [3.05, 3.63) is 58.1 Å². The molecular formula is C17H16BrFN4OS. The van der Waals surface area contributed by atoms with E-state index in [2.05, 4.69) is 31.2 Å². The number of amidine groups is 1. The van der Waals surface area contributed by atoms with Crippen LogP contribution in [0.15, 0.2) is 46.1 Å². The lowest BCUT2D eigenvalue weighted by Gasteiger charge is -2.30. The molecule has 0 spiro atoms. The van der Waals surface area contributed by atoms with Crippen molar-refractivity contribution < 1.29 is 9.18 Å². The van der Waals surface area contributed by atoms with Gasteiger partial charge in [0.05, 0.1) is 11.1 Å². The Labute approximate surface area is 157 Å². The summed E-state index contributed by atoms with van der Waals surface area (Å²) in [6.07, 6.45) is 2.14. The molecule has 0 aliphatic carbocycles. The van der Waals surface area contributed by atoms with Crippen molar-refractivity contribution >= 4 is 44.5 Å². The zero-order valence-corrected chi connectivity index (χ0v) is 15.8. The molecule has 1 aliphatic rings.